The van der Waals surface area contributed by atoms with Crippen molar-refractivity contribution < 1.29 is 4.39 Å². The number of nitrogen functional groups attached to an aromatic ring is 1. The minimum absolute atomic E-state index is 0.272. The van der Waals surface area contributed by atoms with Crippen molar-refractivity contribution in [3.8, 4) is 11.3 Å². The van der Waals surface area contributed by atoms with Crippen molar-refractivity contribution in [1.29, 1.82) is 0 Å². The van der Waals surface area contributed by atoms with Gasteiger partial charge < -0.3 is 10.7 Å². The van der Waals surface area contributed by atoms with Gasteiger partial charge >= 0.3 is 0 Å². The Hall–Kier alpha value is -2.30. The van der Waals surface area contributed by atoms with Crippen LogP contribution in [0.3, 0.4) is 0 Å². The van der Waals surface area contributed by atoms with Gasteiger partial charge in [0.15, 0.2) is 0 Å². The predicted molar refractivity (Wildman–Crippen MR) is 60.3 cm³/mol. The largest absolute Gasteiger partial charge is 0.396 e. The van der Waals surface area contributed by atoms with E-state index in [0.29, 0.717) is 11.4 Å². The molecular formula is C11H9FN4. The van der Waals surface area contributed by atoms with Crippen molar-refractivity contribution in [2.24, 2.45) is 0 Å². The standard InChI is InChI=1S/C11H9FN4/c12-6-1-2-10-7(3-6)8(4-14-10)11-9(13)5-15-16-11/h1-5,14H,13H2,(H,15,16). The third-order valence-corrected chi connectivity index (χ3v) is 2.58. The summed E-state index contributed by atoms with van der Waals surface area (Å²) in [6, 6.07) is 4.58. The molecule has 0 fully saturated rings. The maximum Gasteiger partial charge on any atom is 0.123 e. The number of anilines is 1. The fraction of sp³-hybridized carbons (Fsp3) is 0. The van der Waals surface area contributed by atoms with Crippen LogP contribution in [0.25, 0.3) is 22.2 Å². The van der Waals surface area contributed by atoms with Crippen LogP contribution in [0.15, 0.2) is 30.6 Å². The van der Waals surface area contributed by atoms with Gasteiger partial charge in [-0.2, -0.15) is 5.10 Å². The highest BCUT2D eigenvalue weighted by molar-refractivity contribution is 5.96. The first-order valence-corrected chi connectivity index (χ1v) is 4.81. The summed E-state index contributed by atoms with van der Waals surface area (Å²) in [6.45, 7) is 0. The Balaban J connectivity index is 2.32. The molecule has 1 aromatic carbocycles. The molecule has 3 rings (SSSR count). The fourth-order valence-corrected chi connectivity index (χ4v) is 1.81. The Morgan fingerprint density at radius 3 is 2.94 bits per heavy atom. The zero-order valence-corrected chi connectivity index (χ0v) is 8.29. The van der Waals surface area contributed by atoms with E-state index in [-0.39, 0.29) is 5.82 Å². The molecule has 0 bridgehead atoms. The van der Waals surface area contributed by atoms with Gasteiger partial charge in [0.25, 0.3) is 0 Å². The summed E-state index contributed by atoms with van der Waals surface area (Å²) in [5.41, 5.74) is 8.70. The average Bonchev–Trinajstić information content (AvgIpc) is 2.83. The van der Waals surface area contributed by atoms with Gasteiger partial charge in [0.2, 0.25) is 0 Å². The molecule has 3 aromatic rings. The average molecular weight is 216 g/mol. The van der Waals surface area contributed by atoms with Gasteiger partial charge in [-0.05, 0) is 18.2 Å². The molecule has 4 nitrogen and oxygen atoms in total. The molecule has 0 saturated carbocycles. The molecule has 0 spiro atoms. The molecule has 0 aliphatic carbocycles. The van der Waals surface area contributed by atoms with E-state index in [2.05, 4.69) is 15.2 Å². The summed E-state index contributed by atoms with van der Waals surface area (Å²) in [7, 11) is 0. The van der Waals surface area contributed by atoms with Gasteiger partial charge in [-0.25, -0.2) is 4.39 Å². The number of fused-ring (bicyclic) bond motifs is 1. The van der Waals surface area contributed by atoms with Crippen molar-refractivity contribution in [3.05, 3.63) is 36.4 Å². The van der Waals surface area contributed by atoms with Gasteiger partial charge in [0.1, 0.15) is 5.82 Å². The molecule has 0 atom stereocenters. The highest BCUT2D eigenvalue weighted by atomic mass is 19.1. The van der Waals surface area contributed by atoms with Crippen molar-refractivity contribution in [2.45, 2.75) is 0 Å². The molecule has 0 radical (unpaired) electrons. The van der Waals surface area contributed by atoms with Crippen LogP contribution < -0.4 is 5.73 Å². The lowest BCUT2D eigenvalue weighted by molar-refractivity contribution is 0.630. The highest BCUT2D eigenvalue weighted by Gasteiger charge is 2.10. The van der Waals surface area contributed by atoms with E-state index in [1.807, 2.05) is 0 Å². The second kappa shape index (κ2) is 3.10. The number of nitrogens with zero attached hydrogens (tertiary/aromatic N) is 1. The van der Waals surface area contributed by atoms with E-state index in [0.717, 1.165) is 16.5 Å². The molecule has 0 saturated heterocycles. The third kappa shape index (κ3) is 1.18. The van der Waals surface area contributed by atoms with E-state index in [9.17, 15) is 4.39 Å². The number of rotatable bonds is 1. The molecule has 16 heavy (non-hydrogen) atoms. The van der Waals surface area contributed by atoms with Gasteiger partial charge in [-0.1, -0.05) is 0 Å². The monoisotopic (exact) mass is 216 g/mol. The number of nitrogens with one attached hydrogen (secondary N) is 2. The summed E-state index contributed by atoms with van der Waals surface area (Å²) in [5.74, 6) is -0.272. The summed E-state index contributed by atoms with van der Waals surface area (Å²) in [4.78, 5) is 3.06. The molecule has 0 amide bonds. The first-order valence-electron chi connectivity index (χ1n) is 4.81. The van der Waals surface area contributed by atoms with Gasteiger partial charge in [0.05, 0.1) is 17.6 Å². The number of halogens is 1. The van der Waals surface area contributed by atoms with E-state index in [4.69, 9.17) is 5.73 Å². The van der Waals surface area contributed by atoms with Crippen LogP contribution in [0.4, 0.5) is 10.1 Å². The molecule has 4 N–H and O–H groups in total. The summed E-state index contributed by atoms with van der Waals surface area (Å²) < 4.78 is 13.2. The Bertz CT molecular complexity index is 653. The minimum Gasteiger partial charge on any atom is -0.396 e. The lowest BCUT2D eigenvalue weighted by Crippen LogP contribution is -1.85. The first kappa shape index (κ1) is 8.96. The molecule has 0 aliphatic rings. The van der Waals surface area contributed by atoms with Crippen molar-refractivity contribution in [1.82, 2.24) is 15.2 Å². The highest BCUT2D eigenvalue weighted by Crippen LogP contribution is 2.30. The summed E-state index contributed by atoms with van der Waals surface area (Å²) in [6.07, 6.45) is 3.32. The molecule has 2 heterocycles. The predicted octanol–water partition coefficient (Wildman–Crippen LogP) is 2.28. The van der Waals surface area contributed by atoms with Crippen LogP contribution in [0.1, 0.15) is 0 Å². The summed E-state index contributed by atoms with van der Waals surface area (Å²) >= 11 is 0. The van der Waals surface area contributed by atoms with Crippen LogP contribution >= 0.6 is 0 Å². The molecule has 0 aliphatic heterocycles. The number of nitrogens with two attached hydrogens (primary N) is 1. The molecule has 80 valence electrons. The molecular weight excluding hydrogens is 207 g/mol. The number of hydrogen-bond donors (Lipinski definition) is 3. The van der Waals surface area contributed by atoms with Crippen molar-refractivity contribution in [2.75, 3.05) is 5.73 Å². The van der Waals surface area contributed by atoms with Crippen LogP contribution in [0, 0.1) is 5.82 Å². The SMILES string of the molecule is Nc1cn[nH]c1-c1c[nH]c2ccc(F)cc12. The Kier molecular flexibility index (Phi) is 1.73. The number of aromatic amines is 2. The molecule has 2 aromatic heterocycles. The lowest BCUT2D eigenvalue weighted by Gasteiger charge is -1.97. The van der Waals surface area contributed by atoms with Crippen molar-refractivity contribution >= 4 is 16.6 Å². The minimum atomic E-state index is -0.272. The Labute approximate surface area is 90.3 Å². The zero-order valence-electron chi connectivity index (χ0n) is 8.29. The normalized spacial score (nSPS) is 11.1. The van der Waals surface area contributed by atoms with Gasteiger partial charge in [-0.15, -0.1) is 0 Å². The Morgan fingerprint density at radius 1 is 1.31 bits per heavy atom. The smallest absolute Gasteiger partial charge is 0.123 e. The topological polar surface area (TPSA) is 70.5 Å². The van der Waals surface area contributed by atoms with Crippen LogP contribution in [-0.4, -0.2) is 15.2 Å². The van der Waals surface area contributed by atoms with Crippen molar-refractivity contribution in [3.63, 3.8) is 0 Å². The van der Waals surface area contributed by atoms with Crippen LogP contribution in [-0.2, 0) is 0 Å². The summed E-state index contributed by atoms with van der Waals surface area (Å²) in [5, 5.41) is 7.44. The van der Waals surface area contributed by atoms with E-state index < -0.39 is 0 Å². The Morgan fingerprint density at radius 2 is 2.19 bits per heavy atom. The molecule has 5 heteroatoms. The van der Waals surface area contributed by atoms with Gasteiger partial charge in [-0.3, -0.25) is 5.10 Å². The third-order valence-electron chi connectivity index (χ3n) is 2.58. The fourth-order valence-electron chi connectivity index (χ4n) is 1.81. The van der Waals surface area contributed by atoms with Crippen LogP contribution in [0.2, 0.25) is 0 Å². The first-order chi connectivity index (χ1) is 7.75. The maximum absolute atomic E-state index is 13.2. The quantitative estimate of drug-likeness (QED) is 0.584. The zero-order chi connectivity index (χ0) is 11.1. The number of benzene rings is 1. The second-order valence-corrected chi connectivity index (χ2v) is 3.59. The van der Waals surface area contributed by atoms with Crippen LogP contribution in [0.5, 0.6) is 0 Å². The number of H-pyrrole nitrogens is 2. The van der Waals surface area contributed by atoms with E-state index in [1.165, 1.54) is 18.3 Å². The maximum atomic E-state index is 13.2. The second-order valence-electron chi connectivity index (χ2n) is 3.59. The lowest BCUT2D eigenvalue weighted by atomic mass is 10.1. The van der Waals surface area contributed by atoms with Gasteiger partial charge in [0, 0.05) is 22.7 Å². The van der Waals surface area contributed by atoms with E-state index >= 15 is 0 Å². The number of aromatic nitrogens is 3. The molecule has 0 unspecified atom stereocenters. The van der Waals surface area contributed by atoms with E-state index in [1.54, 1.807) is 12.3 Å². The number of hydrogen-bond acceptors (Lipinski definition) is 2.